The summed E-state index contributed by atoms with van der Waals surface area (Å²) in [4.78, 5) is 24.7. The second-order valence-corrected chi connectivity index (χ2v) is 7.03. The number of ketones is 1. The van der Waals surface area contributed by atoms with Gasteiger partial charge in [-0.25, -0.2) is 0 Å². The first-order valence-corrected chi connectivity index (χ1v) is 9.23. The molecule has 0 aliphatic heterocycles. The summed E-state index contributed by atoms with van der Waals surface area (Å²) in [6, 6.07) is 5.70. The van der Waals surface area contributed by atoms with Crippen LogP contribution >= 0.6 is 0 Å². The normalized spacial score (nSPS) is 25.4. The minimum Gasteiger partial charge on any atom is -0.493 e. The molecule has 0 aromatic heterocycles. The van der Waals surface area contributed by atoms with Gasteiger partial charge in [0.2, 0.25) is 5.91 Å². The number of methoxy groups -OCH3 is 1. The molecular formula is C20H27NO4. The van der Waals surface area contributed by atoms with Crippen molar-refractivity contribution in [3.63, 3.8) is 0 Å². The van der Waals surface area contributed by atoms with Gasteiger partial charge in [-0.3, -0.25) is 9.59 Å². The molecule has 2 atom stereocenters. The van der Waals surface area contributed by atoms with E-state index in [0.717, 1.165) is 24.8 Å². The van der Waals surface area contributed by atoms with E-state index in [0.29, 0.717) is 43.3 Å². The highest BCUT2D eigenvalue weighted by molar-refractivity contribution is 5.88. The molecule has 136 valence electrons. The molecule has 2 aliphatic rings. The maximum absolute atomic E-state index is 12.6. The van der Waals surface area contributed by atoms with Crippen LogP contribution in [0.2, 0.25) is 0 Å². The van der Waals surface area contributed by atoms with Crippen molar-refractivity contribution in [2.45, 2.75) is 45.6 Å². The summed E-state index contributed by atoms with van der Waals surface area (Å²) in [5, 5.41) is 3.03. The van der Waals surface area contributed by atoms with Crippen molar-refractivity contribution >= 4 is 11.7 Å². The van der Waals surface area contributed by atoms with Gasteiger partial charge in [-0.2, -0.15) is 0 Å². The number of carbonyl (C=O) groups is 2. The fourth-order valence-corrected chi connectivity index (χ4v) is 4.12. The predicted octanol–water partition coefficient (Wildman–Crippen LogP) is 3.11. The molecule has 1 amide bonds. The Hall–Kier alpha value is -2.04. The maximum atomic E-state index is 12.6. The summed E-state index contributed by atoms with van der Waals surface area (Å²) >= 11 is 0. The largest absolute Gasteiger partial charge is 0.493 e. The summed E-state index contributed by atoms with van der Waals surface area (Å²) in [6.07, 6.45) is 4.47. The van der Waals surface area contributed by atoms with Crippen LogP contribution in [-0.2, 0) is 16.1 Å². The van der Waals surface area contributed by atoms with Crippen LogP contribution in [0.1, 0.15) is 44.6 Å². The first kappa shape index (κ1) is 17.8. The van der Waals surface area contributed by atoms with Crippen LogP contribution in [-0.4, -0.2) is 25.4 Å². The third-order valence-corrected chi connectivity index (χ3v) is 5.41. The van der Waals surface area contributed by atoms with Gasteiger partial charge in [-0.05, 0) is 50.3 Å². The van der Waals surface area contributed by atoms with Crippen molar-refractivity contribution in [2.24, 2.45) is 17.8 Å². The topological polar surface area (TPSA) is 64.6 Å². The molecule has 0 heterocycles. The van der Waals surface area contributed by atoms with Crippen molar-refractivity contribution in [3.05, 3.63) is 23.8 Å². The van der Waals surface area contributed by atoms with Crippen molar-refractivity contribution in [1.82, 2.24) is 5.32 Å². The molecule has 1 aromatic rings. The number of ether oxygens (including phenoxy) is 2. The summed E-state index contributed by atoms with van der Waals surface area (Å²) in [5.74, 6) is 2.02. The number of Topliss-reactive ketones (excluding diaryl/α,β-unsaturated/α-hetero) is 1. The van der Waals surface area contributed by atoms with E-state index in [2.05, 4.69) is 5.32 Å². The molecule has 2 unspecified atom stereocenters. The Balaban J connectivity index is 1.58. The molecule has 2 saturated carbocycles. The standard InChI is InChI=1S/C20H27NO4/c1-3-25-17-8-7-13(9-18(17)24-2)12-21-20(23)16-10-14-5-4-6-15(11-16)19(14)22/h7-9,14-16H,3-6,10-12H2,1-2H3,(H,21,23). The summed E-state index contributed by atoms with van der Waals surface area (Å²) < 4.78 is 10.9. The Morgan fingerprint density at radius 1 is 1.20 bits per heavy atom. The highest BCUT2D eigenvalue weighted by atomic mass is 16.5. The molecular weight excluding hydrogens is 318 g/mol. The van der Waals surface area contributed by atoms with E-state index in [9.17, 15) is 9.59 Å². The van der Waals surface area contributed by atoms with Crippen LogP contribution in [0.15, 0.2) is 18.2 Å². The third-order valence-electron chi connectivity index (χ3n) is 5.41. The maximum Gasteiger partial charge on any atom is 0.223 e. The first-order valence-electron chi connectivity index (χ1n) is 9.23. The SMILES string of the molecule is CCOc1ccc(CNC(=O)C2CC3CCCC(C2)C3=O)cc1OC. The Bertz CT molecular complexity index is 627. The van der Waals surface area contributed by atoms with E-state index in [-0.39, 0.29) is 23.7 Å². The van der Waals surface area contributed by atoms with Crippen molar-refractivity contribution in [3.8, 4) is 11.5 Å². The molecule has 2 fully saturated rings. The molecule has 0 saturated heterocycles. The van der Waals surface area contributed by atoms with Crippen LogP contribution in [0.4, 0.5) is 0 Å². The number of carbonyl (C=O) groups excluding carboxylic acids is 2. The molecule has 1 N–H and O–H groups in total. The molecule has 5 nitrogen and oxygen atoms in total. The zero-order valence-electron chi connectivity index (χ0n) is 15.0. The second kappa shape index (κ2) is 7.89. The highest BCUT2D eigenvalue weighted by Crippen LogP contribution is 2.40. The monoisotopic (exact) mass is 345 g/mol. The van der Waals surface area contributed by atoms with Gasteiger partial charge in [0.25, 0.3) is 0 Å². The van der Waals surface area contributed by atoms with Gasteiger partial charge in [0.05, 0.1) is 13.7 Å². The van der Waals surface area contributed by atoms with Gasteiger partial charge in [0, 0.05) is 24.3 Å². The molecule has 3 rings (SSSR count). The lowest BCUT2D eigenvalue weighted by atomic mass is 9.67. The van der Waals surface area contributed by atoms with E-state index in [1.807, 2.05) is 25.1 Å². The minimum atomic E-state index is -0.0300. The summed E-state index contributed by atoms with van der Waals surface area (Å²) in [6.45, 7) is 2.97. The van der Waals surface area contributed by atoms with E-state index in [4.69, 9.17) is 9.47 Å². The quantitative estimate of drug-likeness (QED) is 0.860. The molecule has 25 heavy (non-hydrogen) atoms. The number of hydrogen-bond donors (Lipinski definition) is 1. The van der Waals surface area contributed by atoms with Crippen LogP contribution in [0.25, 0.3) is 0 Å². The van der Waals surface area contributed by atoms with Crippen LogP contribution < -0.4 is 14.8 Å². The van der Waals surface area contributed by atoms with Gasteiger partial charge < -0.3 is 14.8 Å². The van der Waals surface area contributed by atoms with E-state index in [1.54, 1.807) is 7.11 Å². The van der Waals surface area contributed by atoms with Crippen molar-refractivity contribution in [1.29, 1.82) is 0 Å². The number of rotatable bonds is 6. The number of nitrogens with one attached hydrogen (secondary N) is 1. The fraction of sp³-hybridized carbons (Fsp3) is 0.600. The average Bonchev–Trinajstić information content (AvgIpc) is 2.60. The fourth-order valence-electron chi connectivity index (χ4n) is 4.12. The van der Waals surface area contributed by atoms with Gasteiger partial charge in [0.15, 0.2) is 11.5 Å². The number of amides is 1. The Morgan fingerprint density at radius 3 is 2.56 bits per heavy atom. The van der Waals surface area contributed by atoms with Crippen LogP contribution in [0.3, 0.4) is 0 Å². The Kier molecular flexibility index (Phi) is 5.61. The van der Waals surface area contributed by atoms with E-state index in [1.165, 1.54) is 0 Å². The lowest BCUT2D eigenvalue weighted by molar-refractivity contribution is -0.137. The van der Waals surface area contributed by atoms with Gasteiger partial charge in [0.1, 0.15) is 5.78 Å². The number of fused-ring (bicyclic) bond motifs is 2. The Morgan fingerprint density at radius 2 is 1.92 bits per heavy atom. The molecule has 0 radical (unpaired) electrons. The van der Waals surface area contributed by atoms with Crippen molar-refractivity contribution < 1.29 is 19.1 Å². The predicted molar refractivity (Wildman–Crippen MR) is 94.6 cm³/mol. The molecule has 5 heteroatoms. The lowest BCUT2D eigenvalue weighted by Gasteiger charge is -2.36. The lowest BCUT2D eigenvalue weighted by Crippen LogP contribution is -2.42. The average molecular weight is 345 g/mol. The second-order valence-electron chi connectivity index (χ2n) is 7.03. The highest BCUT2D eigenvalue weighted by Gasteiger charge is 2.41. The zero-order chi connectivity index (χ0) is 17.8. The third kappa shape index (κ3) is 3.97. The van der Waals surface area contributed by atoms with Gasteiger partial charge in [-0.1, -0.05) is 12.5 Å². The van der Waals surface area contributed by atoms with E-state index >= 15 is 0 Å². The minimum absolute atomic E-state index is 0.0300. The zero-order valence-corrected chi connectivity index (χ0v) is 15.0. The van der Waals surface area contributed by atoms with Gasteiger partial charge >= 0.3 is 0 Å². The van der Waals surface area contributed by atoms with E-state index < -0.39 is 0 Å². The molecule has 1 aromatic carbocycles. The molecule has 2 bridgehead atoms. The summed E-state index contributed by atoms with van der Waals surface area (Å²) in [5.41, 5.74) is 0.973. The van der Waals surface area contributed by atoms with Crippen molar-refractivity contribution in [2.75, 3.05) is 13.7 Å². The molecule has 0 spiro atoms. The first-order chi connectivity index (χ1) is 12.1. The Labute approximate surface area is 149 Å². The number of benzene rings is 1. The van der Waals surface area contributed by atoms with Gasteiger partial charge in [-0.15, -0.1) is 0 Å². The smallest absolute Gasteiger partial charge is 0.223 e. The molecule has 2 aliphatic carbocycles. The van der Waals surface area contributed by atoms with Crippen LogP contribution in [0.5, 0.6) is 11.5 Å². The van der Waals surface area contributed by atoms with Crippen LogP contribution in [0, 0.1) is 17.8 Å². The summed E-state index contributed by atoms with van der Waals surface area (Å²) in [7, 11) is 1.61. The number of hydrogen-bond acceptors (Lipinski definition) is 4.